The van der Waals surface area contributed by atoms with E-state index in [4.69, 9.17) is 4.98 Å². The van der Waals surface area contributed by atoms with Gasteiger partial charge < -0.3 is 4.98 Å². The largest absolute Gasteiger partial charge is 0.348 e. The van der Waals surface area contributed by atoms with Crippen molar-refractivity contribution < 1.29 is 0 Å². The molecule has 1 saturated heterocycles. The second-order valence-corrected chi connectivity index (χ2v) is 6.04. The van der Waals surface area contributed by atoms with E-state index in [1.165, 1.54) is 6.42 Å². The highest BCUT2D eigenvalue weighted by molar-refractivity contribution is 5.60. The number of H-pyrrole nitrogens is 1. The average molecular weight is 308 g/mol. The Bertz CT molecular complexity index is 759. The zero-order valence-corrected chi connectivity index (χ0v) is 13.2. The first kappa shape index (κ1) is 14.1. The first-order valence-corrected chi connectivity index (χ1v) is 7.97. The van der Waals surface area contributed by atoms with Gasteiger partial charge >= 0.3 is 0 Å². The molecular weight excluding hydrogens is 288 g/mol. The predicted molar refractivity (Wildman–Crippen MR) is 87.4 cm³/mol. The number of nitrogens with zero attached hydrogens (tertiary/aromatic N) is 5. The highest BCUT2D eigenvalue weighted by atomic mass is 15.2. The van der Waals surface area contributed by atoms with Crippen molar-refractivity contribution in [2.75, 3.05) is 6.54 Å². The van der Waals surface area contributed by atoms with E-state index in [0.29, 0.717) is 6.04 Å². The first-order chi connectivity index (χ1) is 11.3. The van der Waals surface area contributed by atoms with Crippen LogP contribution in [0, 0.1) is 0 Å². The SMILES string of the molecule is Cn1cc(-c2ccc(C3CCCN3Cc3ncc[nH]3)nc2)cn1. The summed E-state index contributed by atoms with van der Waals surface area (Å²) in [5, 5.41) is 4.22. The normalized spacial score (nSPS) is 18.6. The maximum atomic E-state index is 4.72. The van der Waals surface area contributed by atoms with Crippen LogP contribution in [0.3, 0.4) is 0 Å². The van der Waals surface area contributed by atoms with Crippen molar-refractivity contribution in [3.63, 3.8) is 0 Å². The number of aromatic amines is 1. The predicted octanol–water partition coefficient (Wildman–Crippen LogP) is 2.54. The van der Waals surface area contributed by atoms with Crippen LogP contribution in [0.5, 0.6) is 0 Å². The minimum Gasteiger partial charge on any atom is -0.348 e. The maximum Gasteiger partial charge on any atom is 0.120 e. The molecule has 1 fully saturated rings. The molecule has 1 aliphatic rings. The van der Waals surface area contributed by atoms with Gasteiger partial charge in [0.25, 0.3) is 0 Å². The second kappa shape index (κ2) is 5.96. The quantitative estimate of drug-likeness (QED) is 0.804. The molecule has 0 amide bonds. The Morgan fingerprint density at radius 1 is 1.22 bits per heavy atom. The molecule has 0 bridgehead atoms. The maximum absolute atomic E-state index is 4.72. The smallest absolute Gasteiger partial charge is 0.120 e. The zero-order valence-electron chi connectivity index (χ0n) is 13.2. The van der Waals surface area contributed by atoms with E-state index >= 15 is 0 Å². The van der Waals surface area contributed by atoms with Gasteiger partial charge in [0.2, 0.25) is 0 Å². The lowest BCUT2D eigenvalue weighted by molar-refractivity contribution is 0.239. The van der Waals surface area contributed by atoms with E-state index in [9.17, 15) is 0 Å². The van der Waals surface area contributed by atoms with Crippen LogP contribution in [0.25, 0.3) is 11.1 Å². The molecule has 0 saturated carbocycles. The highest BCUT2D eigenvalue weighted by Gasteiger charge is 2.27. The Morgan fingerprint density at radius 3 is 2.87 bits per heavy atom. The molecule has 0 aromatic carbocycles. The van der Waals surface area contributed by atoms with E-state index in [1.54, 1.807) is 6.20 Å². The summed E-state index contributed by atoms with van der Waals surface area (Å²) in [4.78, 5) is 14.7. The van der Waals surface area contributed by atoms with Gasteiger partial charge in [-0.25, -0.2) is 4.98 Å². The van der Waals surface area contributed by atoms with Gasteiger partial charge in [0.15, 0.2) is 0 Å². The van der Waals surface area contributed by atoms with Gasteiger partial charge in [-0.1, -0.05) is 6.07 Å². The monoisotopic (exact) mass is 308 g/mol. The van der Waals surface area contributed by atoms with Crippen LogP contribution in [0.15, 0.2) is 43.1 Å². The lowest BCUT2D eigenvalue weighted by atomic mass is 10.1. The van der Waals surface area contributed by atoms with Crippen LogP contribution in [0.1, 0.15) is 30.4 Å². The van der Waals surface area contributed by atoms with Crippen LogP contribution < -0.4 is 0 Å². The number of rotatable bonds is 4. The molecule has 6 heteroatoms. The van der Waals surface area contributed by atoms with Crippen molar-refractivity contribution >= 4 is 0 Å². The van der Waals surface area contributed by atoms with Crippen molar-refractivity contribution in [1.82, 2.24) is 29.6 Å². The minimum atomic E-state index is 0.378. The summed E-state index contributed by atoms with van der Waals surface area (Å²) in [6.07, 6.45) is 11.9. The fourth-order valence-electron chi connectivity index (χ4n) is 3.27. The van der Waals surface area contributed by atoms with Crippen molar-refractivity contribution in [1.29, 1.82) is 0 Å². The van der Waals surface area contributed by atoms with Crippen LogP contribution in [0.2, 0.25) is 0 Å². The molecule has 0 spiro atoms. The average Bonchev–Trinajstić information content (AvgIpc) is 3.30. The van der Waals surface area contributed by atoms with Gasteiger partial charge in [-0.2, -0.15) is 5.10 Å². The molecule has 1 unspecified atom stereocenters. The Labute approximate surface area is 135 Å². The number of hydrogen-bond donors (Lipinski definition) is 1. The molecule has 0 radical (unpaired) electrons. The number of aryl methyl sites for hydroxylation is 1. The molecular formula is C17H20N6. The molecule has 1 N–H and O–H groups in total. The summed E-state index contributed by atoms with van der Waals surface area (Å²) in [6.45, 7) is 1.95. The van der Waals surface area contributed by atoms with Crippen molar-refractivity contribution in [2.45, 2.75) is 25.4 Å². The third kappa shape index (κ3) is 2.90. The summed E-state index contributed by atoms with van der Waals surface area (Å²) in [5.74, 6) is 1.02. The number of aromatic nitrogens is 5. The van der Waals surface area contributed by atoms with E-state index < -0.39 is 0 Å². The van der Waals surface area contributed by atoms with Crippen molar-refractivity contribution in [3.05, 3.63) is 54.6 Å². The molecule has 1 aliphatic heterocycles. The molecule has 118 valence electrons. The van der Waals surface area contributed by atoms with E-state index in [2.05, 4.69) is 32.1 Å². The number of likely N-dealkylation sites (tertiary alicyclic amines) is 1. The van der Waals surface area contributed by atoms with Crippen molar-refractivity contribution in [3.8, 4) is 11.1 Å². The van der Waals surface area contributed by atoms with E-state index in [-0.39, 0.29) is 0 Å². The molecule has 3 aromatic heterocycles. The van der Waals surface area contributed by atoms with Crippen LogP contribution in [-0.4, -0.2) is 36.2 Å². The number of imidazole rings is 1. The fraction of sp³-hybridized carbons (Fsp3) is 0.353. The Hall–Kier alpha value is -2.47. The van der Waals surface area contributed by atoms with Crippen LogP contribution in [0.4, 0.5) is 0 Å². The molecule has 6 nitrogen and oxygen atoms in total. The first-order valence-electron chi connectivity index (χ1n) is 7.97. The van der Waals surface area contributed by atoms with Crippen molar-refractivity contribution in [2.24, 2.45) is 7.05 Å². The molecule has 23 heavy (non-hydrogen) atoms. The van der Waals surface area contributed by atoms with Gasteiger partial charge in [0, 0.05) is 43.0 Å². The summed E-state index contributed by atoms with van der Waals surface area (Å²) in [5.41, 5.74) is 3.35. The fourth-order valence-corrected chi connectivity index (χ4v) is 3.27. The molecule has 4 heterocycles. The summed E-state index contributed by atoms with van der Waals surface area (Å²) < 4.78 is 1.81. The van der Waals surface area contributed by atoms with Crippen LogP contribution in [-0.2, 0) is 13.6 Å². The van der Waals surface area contributed by atoms with Gasteiger partial charge in [-0.3, -0.25) is 14.6 Å². The lowest BCUT2D eigenvalue weighted by Gasteiger charge is -2.23. The molecule has 4 rings (SSSR count). The lowest BCUT2D eigenvalue weighted by Crippen LogP contribution is -2.24. The number of nitrogens with one attached hydrogen (secondary N) is 1. The van der Waals surface area contributed by atoms with Gasteiger partial charge in [0.1, 0.15) is 5.82 Å². The molecule has 1 atom stereocenters. The Morgan fingerprint density at radius 2 is 2.17 bits per heavy atom. The number of pyridine rings is 1. The molecule has 3 aromatic rings. The summed E-state index contributed by atoms with van der Waals surface area (Å²) in [6, 6.07) is 4.67. The van der Waals surface area contributed by atoms with Gasteiger partial charge in [0.05, 0.1) is 24.5 Å². The van der Waals surface area contributed by atoms with Gasteiger partial charge in [-0.15, -0.1) is 0 Å². The second-order valence-electron chi connectivity index (χ2n) is 6.04. The van der Waals surface area contributed by atoms with E-state index in [1.807, 2.05) is 36.5 Å². The number of hydrogen-bond acceptors (Lipinski definition) is 4. The van der Waals surface area contributed by atoms with Gasteiger partial charge in [-0.05, 0) is 25.5 Å². The van der Waals surface area contributed by atoms with Crippen LogP contribution >= 0.6 is 0 Å². The molecule has 0 aliphatic carbocycles. The Balaban J connectivity index is 1.52. The summed E-state index contributed by atoms with van der Waals surface area (Å²) in [7, 11) is 1.93. The third-order valence-corrected chi connectivity index (χ3v) is 4.44. The highest BCUT2D eigenvalue weighted by Crippen LogP contribution is 2.32. The topological polar surface area (TPSA) is 62.6 Å². The third-order valence-electron chi connectivity index (χ3n) is 4.44. The summed E-state index contributed by atoms with van der Waals surface area (Å²) >= 11 is 0. The minimum absolute atomic E-state index is 0.378. The van der Waals surface area contributed by atoms with E-state index in [0.717, 1.165) is 42.2 Å². The Kier molecular flexibility index (Phi) is 3.67. The zero-order chi connectivity index (χ0) is 15.6. The standard InChI is InChI=1S/C17H20N6/c1-22-11-14(10-21-22)13-4-5-15(20-9-13)16-3-2-8-23(16)12-17-18-6-7-19-17/h4-7,9-11,16H,2-3,8,12H2,1H3,(H,18,19).